The normalized spacial score (nSPS) is 28.8. The summed E-state index contributed by atoms with van der Waals surface area (Å²) in [6.07, 6.45) is 12.7. The first-order valence-electron chi connectivity index (χ1n) is 9.06. The van der Waals surface area contributed by atoms with Crippen LogP contribution in [0.2, 0.25) is 0 Å². The number of nitrogens with zero attached hydrogens (tertiary/aromatic N) is 1. The van der Waals surface area contributed by atoms with Gasteiger partial charge in [-0.1, -0.05) is 25.7 Å². The van der Waals surface area contributed by atoms with Crippen LogP contribution in [-0.2, 0) is 4.79 Å². The molecule has 22 heavy (non-hydrogen) atoms. The van der Waals surface area contributed by atoms with Crippen LogP contribution >= 0.6 is 12.4 Å². The van der Waals surface area contributed by atoms with Gasteiger partial charge in [-0.25, -0.2) is 0 Å². The van der Waals surface area contributed by atoms with E-state index in [1.165, 1.54) is 64.5 Å². The maximum absolute atomic E-state index is 12.3. The largest absolute Gasteiger partial charge is 0.353 e. The molecule has 2 N–H and O–H groups in total. The standard InChI is InChI=1S/C17H31N3O.ClH/c21-16(15-8-7-11-18-15)19-14-17(9-3-1-4-10-17)20-12-5-2-6-13-20;/h15,18H,1-14H2,(H,19,21);1H. The number of halogens is 1. The molecule has 0 bridgehead atoms. The molecule has 1 amide bonds. The summed E-state index contributed by atoms with van der Waals surface area (Å²) in [5.74, 6) is 0.231. The van der Waals surface area contributed by atoms with Gasteiger partial charge >= 0.3 is 0 Å². The third-order valence-electron chi connectivity index (χ3n) is 5.78. The third-order valence-corrected chi connectivity index (χ3v) is 5.78. The quantitative estimate of drug-likeness (QED) is 0.832. The van der Waals surface area contributed by atoms with Crippen molar-refractivity contribution >= 4 is 18.3 Å². The second kappa shape index (κ2) is 8.51. The molecule has 2 aliphatic heterocycles. The first-order valence-corrected chi connectivity index (χ1v) is 9.06. The van der Waals surface area contributed by atoms with E-state index in [9.17, 15) is 4.79 Å². The zero-order valence-electron chi connectivity index (χ0n) is 13.7. The van der Waals surface area contributed by atoms with Crippen molar-refractivity contribution in [1.29, 1.82) is 0 Å². The van der Waals surface area contributed by atoms with Gasteiger partial charge in [0.2, 0.25) is 5.91 Å². The van der Waals surface area contributed by atoms with Crippen LogP contribution in [0.15, 0.2) is 0 Å². The molecule has 1 aliphatic carbocycles. The molecule has 0 radical (unpaired) electrons. The number of hydrogen-bond donors (Lipinski definition) is 2. The summed E-state index contributed by atoms with van der Waals surface area (Å²) in [5, 5.41) is 6.60. The van der Waals surface area contributed by atoms with Crippen molar-refractivity contribution in [3.63, 3.8) is 0 Å². The highest BCUT2D eigenvalue weighted by atomic mass is 35.5. The van der Waals surface area contributed by atoms with Crippen LogP contribution in [0.1, 0.15) is 64.2 Å². The maximum Gasteiger partial charge on any atom is 0.237 e. The fourth-order valence-electron chi connectivity index (χ4n) is 4.47. The lowest BCUT2D eigenvalue weighted by atomic mass is 9.79. The van der Waals surface area contributed by atoms with Crippen molar-refractivity contribution < 1.29 is 4.79 Å². The maximum atomic E-state index is 12.3. The molecule has 3 fully saturated rings. The molecule has 1 saturated carbocycles. The molecule has 0 aromatic heterocycles. The topological polar surface area (TPSA) is 44.4 Å². The average molecular weight is 330 g/mol. The van der Waals surface area contributed by atoms with E-state index in [0.29, 0.717) is 0 Å². The fourth-order valence-corrected chi connectivity index (χ4v) is 4.47. The minimum atomic E-state index is 0. The molecule has 3 rings (SSSR count). The molecule has 1 atom stereocenters. The number of amides is 1. The number of likely N-dealkylation sites (tertiary alicyclic amines) is 1. The van der Waals surface area contributed by atoms with E-state index >= 15 is 0 Å². The summed E-state index contributed by atoms with van der Waals surface area (Å²) in [5.41, 5.74) is 0.257. The molecule has 2 heterocycles. The van der Waals surface area contributed by atoms with E-state index in [0.717, 1.165) is 25.9 Å². The van der Waals surface area contributed by atoms with Gasteiger partial charge in [0.25, 0.3) is 0 Å². The first-order chi connectivity index (χ1) is 10.3. The summed E-state index contributed by atoms with van der Waals surface area (Å²) in [4.78, 5) is 15.0. The first kappa shape index (κ1) is 18.0. The van der Waals surface area contributed by atoms with Gasteiger partial charge in [0.1, 0.15) is 0 Å². The highest BCUT2D eigenvalue weighted by Gasteiger charge is 2.39. The number of nitrogens with one attached hydrogen (secondary N) is 2. The van der Waals surface area contributed by atoms with E-state index in [4.69, 9.17) is 0 Å². The second-order valence-electron chi connectivity index (χ2n) is 7.20. The smallest absolute Gasteiger partial charge is 0.237 e. The zero-order chi connectivity index (χ0) is 14.5. The Morgan fingerprint density at radius 3 is 2.36 bits per heavy atom. The second-order valence-corrected chi connectivity index (χ2v) is 7.20. The zero-order valence-corrected chi connectivity index (χ0v) is 14.6. The Bertz CT molecular complexity index is 346. The van der Waals surface area contributed by atoms with Crippen molar-refractivity contribution in [3.8, 4) is 0 Å². The van der Waals surface area contributed by atoms with E-state index in [-0.39, 0.29) is 29.9 Å². The molecular weight excluding hydrogens is 298 g/mol. The third kappa shape index (κ3) is 4.15. The number of carbonyl (C=O) groups is 1. The Hall–Kier alpha value is -0.320. The molecule has 0 aromatic rings. The van der Waals surface area contributed by atoms with Crippen LogP contribution < -0.4 is 10.6 Å². The fraction of sp³-hybridized carbons (Fsp3) is 0.941. The van der Waals surface area contributed by atoms with Crippen LogP contribution in [0.4, 0.5) is 0 Å². The lowest BCUT2D eigenvalue weighted by Crippen LogP contribution is -2.59. The highest BCUT2D eigenvalue weighted by molar-refractivity contribution is 5.85. The molecule has 2 saturated heterocycles. The Balaban J connectivity index is 0.00000176. The average Bonchev–Trinajstić information content (AvgIpc) is 3.09. The van der Waals surface area contributed by atoms with Gasteiger partial charge in [-0.2, -0.15) is 0 Å². The molecule has 4 nitrogen and oxygen atoms in total. The lowest BCUT2D eigenvalue weighted by molar-refractivity contribution is -0.123. The summed E-state index contributed by atoms with van der Waals surface area (Å²) < 4.78 is 0. The summed E-state index contributed by atoms with van der Waals surface area (Å²) in [6, 6.07) is 0.0620. The van der Waals surface area contributed by atoms with Crippen LogP contribution in [0, 0.1) is 0 Å². The van der Waals surface area contributed by atoms with Crippen molar-refractivity contribution in [2.75, 3.05) is 26.2 Å². The minimum absolute atomic E-state index is 0. The van der Waals surface area contributed by atoms with Crippen LogP contribution in [-0.4, -0.2) is 48.6 Å². The number of rotatable bonds is 4. The van der Waals surface area contributed by atoms with Crippen LogP contribution in [0.25, 0.3) is 0 Å². The van der Waals surface area contributed by atoms with Gasteiger partial charge in [0.15, 0.2) is 0 Å². The Morgan fingerprint density at radius 2 is 1.73 bits per heavy atom. The molecule has 3 aliphatic rings. The monoisotopic (exact) mass is 329 g/mol. The molecule has 128 valence electrons. The molecular formula is C17H32ClN3O. The number of hydrogen-bond acceptors (Lipinski definition) is 3. The lowest BCUT2D eigenvalue weighted by Gasteiger charge is -2.48. The van der Waals surface area contributed by atoms with E-state index < -0.39 is 0 Å². The van der Waals surface area contributed by atoms with Crippen molar-refractivity contribution in [3.05, 3.63) is 0 Å². The minimum Gasteiger partial charge on any atom is -0.353 e. The molecule has 0 spiro atoms. The Morgan fingerprint density at radius 1 is 1.05 bits per heavy atom. The highest BCUT2D eigenvalue weighted by Crippen LogP contribution is 2.35. The summed E-state index contributed by atoms with van der Waals surface area (Å²) in [6.45, 7) is 4.33. The summed E-state index contributed by atoms with van der Waals surface area (Å²) in [7, 11) is 0. The van der Waals surface area contributed by atoms with Gasteiger partial charge < -0.3 is 10.6 Å². The predicted octanol–water partition coefficient (Wildman–Crippen LogP) is 2.47. The van der Waals surface area contributed by atoms with Gasteiger partial charge in [-0.05, 0) is 58.2 Å². The van der Waals surface area contributed by atoms with Crippen molar-refractivity contribution in [2.45, 2.75) is 75.8 Å². The van der Waals surface area contributed by atoms with Crippen molar-refractivity contribution in [2.24, 2.45) is 0 Å². The number of carbonyl (C=O) groups excluding carboxylic acids is 1. The van der Waals surface area contributed by atoms with Gasteiger partial charge in [-0.3, -0.25) is 9.69 Å². The van der Waals surface area contributed by atoms with Gasteiger partial charge in [-0.15, -0.1) is 12.4 Å². The Kier molecular flexibility index (Phi) is 6.97. The molecule has 1 unspecified atom stereocenters. The van der Waals surface area contributed by atoms with Crippen LogP contribution in [0.3, 0.4) is 0 Å². The van der Waals surface area contributed by atoms with E-state index in [1.807, 2.05) is 0 Å². The van der Waals surface area contributed by atoms with E-state index in [2.05, 4.69) is 15.5 Å². The van der Waals surface area contributed by atoms with Crippen LogP contribution in [0.5, 0.6) is 0 Å². The Labute approximate surface area is 141 Å². The predicted molar refractivity (Wildman–Crippen MR) is 92.5 cm³/mol. The molecule has 0 aromatic carbocycles. The molecule has 5 heteroatoms. The van der Waals surface area contributed by atoms with Crippen molar-refractivity contribution in [1.82, 2.24) is 15.5 Å². The summed E-state index contributed by atoms with van der Waals surface area (Å²) >= 11 is 0. The van der Waals surface area contributed by atoms with Gasteiger partial charge in [0, 0.05) is 12.1 Å². The van der Waals surface area contributed by atoms with Gasteiger partial charge in [0.05, 0.1) is 6.04 Å². The SMILES string of the molecule is Cl.O=C(NCC1(N2CCCCC2)CCCCC1)C1CCCN1. The van der Waals surface area contributed by atoms with E-state index in [1.54, 1.807) is 0 Å². The number of piperidine rings is 1.